The Labute approximate surface area is 251 Å². The summed E-state index contributed by atoms with van der Waals surface area (Å²) in [7, 11) is 0. The van der Waals surface area contributed by atoms with Crippen molar-refractivity contribution in [1.82, 2.24) is 0 Å². The van der Waals surface area contributed by atoms with Crippen LogP contribution in [0.15, 0.2) is 121 Å². The molecule has 5 rings (SSSR count). The minimum atomic E-state index is 0.213. The highest BCUT2D eigenvalue weighted by atomic mass is 14.4. The highest BCUT2D eigenvalue weighted by Gasteiger charge is 2.40. The monoisotopic (exact) mass is 544 g/mol. The molecule has 1 aliphatic rings. The van der Waals surface area contributed by atoms with Crippen LogP contribution in [0.3, 0.4) is 0 Å². The molecular formula is C41H52. The largest absolute Gasteiger partial charge is 0.0622 e. The second kappa shape index (κ2) is 13.7. The van der Waals surface area contributed by atoms with Crippen molar-refractivity contribution < 1.29 is 0 Å². The Balaban J connectivity index is 0.000000191. The van der Waals surface area contributed by atoms with Crippen molar-refractivity contribution in [3.05, 3.63) is 144 Å². The molecule has 0 nitrogen and oxygen atoms in total. The van der Waals surface area contributed by atoms with Crippen LogP contribution in [0.5, 0.6) is 0 Å². The standard InChI is InChI=1S/C22H28.C19H24/c1-21(2,3)18-14-16-22(17-15-18,19-10-6-4-7-11-19)20-12-8-5-9-13-20;1-19(2,3)18(14-16-10-6-4-7-11-16)15-17-12-8-5-9-13-17/h4-13,18H,14-17H2,1-3H3;4-13,18H,14-15H2,1-3H3. The lowest BCUT2D eigenvalue weighted by Gasteiger charge is -2.45. The van der Waals surface area contributed by atoms with Crippen molar-refractivity contribution in [2.75, 3.05) is 0 Å². The molecule has 0 amide bonds. The normalized spacial score (nSPS) is 15.7. The lowest BCUT2D eigenvalue weighted by molar-refractivity contribution is 0.146. The number of rotatable bonds is 6. The molecule has 0 heterocycles. The van der Waals surface area contributed by atoms with Crippen molar-refractivity contribution in [2.45, 2.75) is 85.5 Å². The summed E-state index contributed by atoms with van der Waals surface area (Å²) in [5.41, 5.74) is 6.84. The third-order valence-corrected chi connectivity index (χ3v) is 9.59. The van der Waals surface area contributed by atoms with Crippen molar-refractivity contribution in [1.29, 1.82) is 0 Å². The molecule has 0 bridgehead atoms. The first-order chi connectivity index (χ1) is 19.6. The lowest BCUT2D eigenvalue weighted by Crippen LogP contribution is -2.36. The molecule has 1 fully saturated rings. The van der Waals surface area contributed by atoms with Crippen LogP contribution < -0.4 is 0 Å². The molecule has 216 valence electrons. The van der Waals surface area contributed by atoms with Gasteiger partial charge in [-0.15, -0.1) is 0 Å². The van der Waals surface area contributed by atoms with Crippen molar-refractivity contribution in [2.24, 2.45) is 22.7 Å². The van der Waals surface area contributed by atoms with E-state index < -0.39 is 0 Å². The van der Waals surface area contributed by atoms with Crippen LogP contribution in [0, 0.1) is 22.7 Å². The van der Waals surface area contributed by atoms with E-state index in [0.29, 0.717) is 16.7 Å². The maximum Gasteiger partial charge on any atom is 0.0203 e. The van der Waals surface area contributed by atoms with Crippen LogP contribution in [0.4, 0.5) is 0 Å². The summed E-state index contributed by atoms with van der Waals surface area (Å²) < 4.78 is 0. The molecule has 41 heavy (non-hydrogen) atoms. The van der Waals surface area contributed by atoms with Crippen molar-refractivity contribution in [3.8, 4) is 0 Å². The third-order valence-electron chi connectivity index (χ3n) is 9.59. The molecular weight excluding hydrogens is 492 g/mol. The Hall–Kier alpha value is -3.12. The molecule has 1 aliphatic carbocycles. The van der Waals surface area contributed by atoms with E-state index in [1.807, 2.05) is 0 Å². The smallest absolute Gasteiger partial charge is 0.0203 e. The van der Waals surface area contributed by atoms with Gasteiger partial charge in [0, 0.05) is 5.41 Å². The zero-order valence-corrected chi connectivity index (χ0v) is 26.4. The first-order valence-corrected chi connectivity index (χ1v) is 15.8. The van der Waals surface area contributed by atoms with E-state index in [9.17, 15) is 0 Å². The molecule has 4 aromatic carbocycles. The van der Waals surface area contributed by atoms with Crippen molar-refractivity contribution in [3.63, 3.8) is 0 Å². The van der Waals surface area contributed by atoms with Gasteiger partial charge < -0.3 is 0 Å². The summed E-state index contributed by atoms with van der Waals surface area (Å²) in [6.07, 6.45) is 7.49. The fourth-order valence-corrected chi connectivity index (χ4v) is 6.72. The summed E-state index contributed by atoms with van der Waals surface area (Å²) in [5, 5.41) is 0. The second-order valence-electron chi connectivity index (χ2n) is 14.4. The average molecular weight is 545 g/mol. The minimum Gasteiger partial charge on any atom is -0.0622 e. The number of benzene rings is 4. The average Bonchev–Trinajstić information content (AvgIpc) is 2.98. The molecule has 0 saturated heterocycles. The molecule has 0 N–H and O–H groups in total. The van der Waals surface area contributed by atoms with E-state index in [-0.39, 0.29) is 5.41 Å². The highest BCUT2D eigenvalue weighted by molar-refractivity contribution is 5.40. The van der Waals surface area contributed by atoms with E-state index in [2.05, 4.69) is 163 Å². The topological polar surface area (TPSA) is 0 Å². The zero-order valence-electron chi connectivity index (χ0n) is 26.4. The van der Waals surface area contributed by atoms with Gasteiger partial charge in [-0.2, -0.15) is 0 Å². The fraction of sp³-hybridized carbons (Fsp3) is 0.415. The molecule has 0 heteroatoms. The van der Waals surface area contributed by atoms with Crippen molar-refractivity contribution >= 4 is 0 Å². The molecule has 0 aliphatic heterocycles. The van der Waals surface area contributed by atoms with Crippen LogP contribution in [0.1, 0.15) is 89.5 Å². The van der Waals surface area contributed by atoms with Gasteiger partial charge in [0.25, 0.3) is 0 Å². The molecule has 4 aromatic rings. The predicted molar refractivity (Wildman–Crippen MR) is 178 cm³/mol. The fourth-order valence-electron chi connectivity index (χ4n) is 6.72. The summed E-state index contributed by atoms with van der Waals surface area (Å²) in [5.74, 6) is 1.50. The Morgan fingerprint density at radius 1 is 0.537 bits per heavy atom. The van der Waals surface area contributed by atoms with Gasteiger partial charge in [0.05, 0.1) is 0 Å². The summed E-state index contributed by atoms with van der Waals surface area (Å²) in [4.78, 5) is 0. The van der Waals surface area contributed by atoms with Gasteiger partial charge in [0.2, 0.25) is 0 Å². The van der Waals surface area contributed by atoms with Gasteiger partial charge in [-0.3, -0.25) is 0 Å². The Morgan fingerprint density at radius 3 is 1.20 bits per heavy atom. The van der Waals surface area contributed by atoms with E-state index in [1.165, 1.54) is 47.9 Å². The third kappa shape index (κ3) is 8.45. The Morgan fingerprint density at radius 2 is 0.878 bits per heavy atom. The molecule has 0 aromatic heterocycles. The number of hydrogen-bond donors (Lipinski definition) is 0. The molecule has 0 atom stereocenters. The van der Waals surface area contributed by atoms with Gasteiger partial charge in [0.15, 0.2) is 0 Å². The van der Waals surface area contributed by atoms with Crippen LogP contribution in [-0.2, 0) is 18.3 Å². The molecule has 1 saturated carbocycles. The van der Waals surface area contributed by atoms with Gasteiger partial charge in [-0.05, 0) is 83.4 Å². The van der Waals surface area contributed by atoms with E-state index in [4.69, 9.17) is 0 Å². The van der Waals surface area contributed by atoms with Crippen LogP contribution in [0.25, 0.3) is 0 Å². The van der Waals surface area contributed by atoms with Crippen LogP contribution >= 0.6 is 0 Å². The van der Waals surface area contributed by atoms with Gasteiger partial charge >= 0.3 is 0 Å². The summed E-state index contributed by atoms with van der Waals surface area (Å²) in [6, 6.07) is 44.0. The summed E-state index contributed by atoms with van der Waals surface area (Å²) >= 11 is 0. The first-order valence-electron chi connectivity index (χ1n) is 15.8. The maximum absolute atomic E-state index is 2.40. The number of hydrogen-bond acceptors (Lipinski definition) is 0. The SMILES string of the molecule is CC(C)(C)C(Cc1ccccc1)Cc1ccccc1.CC(C)(C)C1CCC(c2ccccc2)(c2ccccc2)CC1. The Kier molecular flexibility index (Phi) is 10.3. The van der Waals surface area contributed by atoms with Crippen LogP contribution in [-0.4, -0.2) is 0 Å². The van der Waals surface area contributed by atoms with E-state index in [1.54, 1.807) is 0 Å². The molecule has 0 spiro atoms. The van der Waals surface area contributed by atoms with Crippen LogP contribution in [0.2, 0.25) is 0 Å². The van der Waals surface area contributed by atoms with Gasteiger partial charge in [-0.1, -0.05) is 163 Å². The molecule has 0 unspecified atom stereocenters. The predicted octanol–water partition coefficient (Wildman–Crippen LogP) is 11.3. The second-order valence-corrected chi connectivity index (χ2v) is 14.4. The quantitative estimate of drug-likeness (QED) is 0.226. The highest BCUT2D eigenvalue weighted by Crippen LogP contribution is 2.50. The molecule has 0 radical (unpaired) electrons. The van der Waals surface area contributed by atoms with E-state index in [0.717, 1.165) is 18.8 Å². The first kappa shape index (κ1) is 30.8. The maximum atomic E-state index is 2.40. The lowest BCUT2D eigenvalue weighted by atomic mass is 9.59. The van der Waals surface area contributed by atoms with Gasteiger partial charge in [0.1, 0.15) is 0 Å². The van der Waals surface area contributed by atoms with Gasteiger partial charge in [-0.25, -0.2) is 0 Å². The minimum absolute atomic E-state index is 0.213. The Bertz CT molecular complexity index is 1180. The van der Waals surface area contributed by atoms with E-state index >= 15 is 0 Å². The summed E-state index contributed by atoms with van der Waals surface area (Å²) in [6.45, 7) is 14.2. The zero-order chi connectivity index (χ0) is 29.3.